The van der Waals surface area contributed by atoms with Gasteiger partial charge in [0, 0.05) is 11.6 Å². The summed E-state index contributed by atoms with van der Waals surface area (Å²) in [6.07, 6.45) is 0.693. The normalized spacial score (nSPS) is 25.0. The van der Waals surface area contributed by atoms with Crippen molar-refractivity contribution >= 4 is 28.4 Å². The second-order valence-electron chi connectivity index (χ2n) is 11.0. The van der Waals surface area contributed by atoms with Crippen LogP contribution in [0.15, 0.2) is 77.6 Å². The topological polar surface area (TPSA) is 93.5 Å². The fourth-order valence-electron chi connectivity index (χ4n) is 6.92. The first-order valence-electron chi connectivity index (χ1n) is 13.3. The average Bonchev–Trinajstić information content (AvgIpc) is 3.51. The van der Waals surface area contributed by atoms with Crippen molar-refractivity contribution in [3.63, 3.8) is 0 Å². The van der Waals surface area contributed by atoms with Crippen molar-refractivity contribution in [3.05, 3.63) is 94.5 Å². The van der Waals surface area contributed by atoms with E-state index in [1.54, 1.807) is 42.0 Å². The Morgan fingerprint density at radius 2 is 1.67 bits per heavy atom. The molecule has 0 unspecified atom stereocenters. The number of ether oxygens (including phenoxy) is 1. The fraction of sp³-hybridized carbons (Fsp3) is 0.290. The Labute approximate surface area is 225 Å². The lowest BCUT2D eigenvalue weighted by Crippen LogP contribution is -2.50. The van der Waals surface area contributed by atoms with Crippen LogP contribution in [0.5, 0.6) is 5.75 Å². The Kier molecular flexibility index (Phi) is 5.09. The molecule has 0 radical (unpaired) electrons. The summed E-state index contributed by atoms with van der Waals surface area (Å²) < 4.78 is 6.91. The minimum absolute atomic E-state index is 0.186. The number of rotatable bonds is 4. The molecule has 1 N–H and O–H groups in total. The molecule has 39 heavy (non-hydrogen) atoms. The van der Waals surface area contributed by atoms with Gasteiger partial charge in [0.1, 0.15) is 17.1 Å². The summed E-state index contributed by atoms with van der Waals surface area (Å²) in [5, 5.41) is 4.25. The van der Waals surface area contributed by atoms with E-state index in [1.807, 2.05) is 42.5 Å². The van der Waals surface area contributed by atoms with Crippen LogP contribution in [0, 0.1) is 17.8 Å². The van der Waals surface area contributed by atoms with Gasteiger partial charge in [-0.1, -0.05) is 44.2 Å². The Bertz CT molecular complexity index is 1730. The zero-order valence-electron chi connectivity index (χ0n) is 21.9. The molecule has 0 saturated carbocycles. The third kappa shape index (κ3) is 3.09. The van der Waals surface area contributed by atoms with Crippen LogP contribution >= 0.6 is 0 Å². The number of aromatic nitrogens is 2. The van der Waals surface area contributed by atoms with E-state index in [2.05, 4.69) is 19.2 Å². The quantitative estimate of drug-likeness (QED) is 0.412. The number of anilines is 1. The van der Waals surface area contributed by atoms with E-state index in [-0.39, 0.29) is 29.3 Å². The Morgan fingerprint density at radius 1 is 0.949 bits per heavy atom. The summed E-state index contributed by atoms with van der Waals surface area (Å²) in [5.74, 6) is -0.512. The smallest absolute Gasteiger partial charge is 0.266 e. The number of nitrogens with one attached hydrogen (secondary N) is 1. The van der Waals surface area contributed by atoms with Crippen LogP contribution in [0.2, 0.25) is 0 Å². The van der Waals surface area contributed by atoms with E-state index in [1.165, 1.54) is 4.90 Å². The largest absolute Gasteiger partial charge is 0.497 e. The molecule has 2 fully saturated rings. The molecule has 4 heterocycles. The van der Waals surface area contributed by atoms with Gasteiger partial charge in [-0.05, 0) is 54.8 Å². The summed E-state index contributed by atoms with van der Waals surface area (Å²) in [4.78, 5) is 48.8. The van der Waals surface area contributed by atoms with E-state index >= 15 is 0 Å². The van der Waals surface area contributed by atoms with Crippen molar-refractivity contribution in [3.8, 4) is 11.4 Å². The highest BCUT2D eigenvalue weighted by molar-refractivity contribution is 6.23. The van der Waals surface area contributed by atoms with Gasteiger partial charge in [-0.25, -0.2) is 9.88 Å². The van der Waals surface area contributed by atoms with Gasteiger partial charge < -0.3 is 4.74 Å². The minimum atomic E-state index is -1.13. The van der Waals surface area contributed by atoms with E-state index in [9.17, 15) is 14.4 Å². The third-order valence-corrected chi connectivity index (χ3v) is 8.42. The van der Waals surface area contributed by atoms with Gasteiger partial charge in [-0.2, -0.15) is 0 Å². The molecule has 3 aliphatic rings. The second-order valence-corrected chi connectivity index (χ2v) is 11.0. The molecule has 7 rings (SSSR count). The molecular formula is C31H28N4O4. The minimum Gasteiger partial charge on any atom is -0.497 e. The van der Waals surface area contributed by atoms with Crippen molar-refractivity contribution in [1.29, 1.82) is 0 Å². The van der Waals surface area contributed by atoms with Crippen molar-refractivity contribution in [2.75, 3.05) is 12.0 Å². The molecule has 4 atom stereocenters. The molecule has 1 spiro atoms. The van der Waals surface area contributed by atoms with Crippen molar-refractivity contribution < 1.29 is 14.3 Å². The van der Waals surface area contributed by atoms with Crippen LogP contribution in [0.3, 0.4) is 0 Å². The van der Waals surface area contributed by atoms with Crippen LogP contribution in [0.4, 0.5) is 5.69 Å². The fourth-order valence-corrected chi connectivity index (χ4v) is 6.92. The molecule has 196 valence electrons. The molecule has 4 aromatic rings. The average molecular weight is 521 g/mol. The number of carbonyl (C=O) groups excluding carboxylic acids is 2. The molecule has 8 heteroatoms. The summed E-state index contributed by atoms with van der Waals surface area (Å²) >= 11 is 0. The van der Waals surface area contributed by atoms with Gasteiger partial charge in [0.25, 0.3) is 5.56 Å². The first-order chi connectivity index (χ1) is 18.9. The number of fused-ring (bicyclic) bond motifs is 8. The Balaban J connectivity index is 1.49. The molecule has 2 saturated heterocycles. The zero-order chi connectivity index (χ0) is 27.1. The van der Waals surface area contributed by atoms with Gasteiger partial charge in [0.05, 0.1) is 41.2 Å². The highest BCUT2D eigenvalue weighted by Crippen LogP contribution is 2.56. The summed E-state index contributed by atoms with van der Waals surface area (Å²) in [6, 6.07) is 21.6. The van der Waals surface area contributed by atoms with Gasteiger partial charge in [-0.3, -0.25) is 24.3 Å². The van der Waals surface area contributed by atoms with E-state index in [0.717, 1.165) is 5.56 Å². The van der Waals surface area contributed by atoms with Crippen LogP contribution in [0.1, 0.15) is 31.7 Å². The first kappa shape index (κ1) is 23.8. The molecule has 1 aromatic heterocycles. The van der Waals surface area contributed by atoms with E-state index in [0.29, 0.717) is 40.3 Å². The monoisotopic (exact) mass is 520 g/mol. The molecule has 2 amide bonds. The summed E-state index contributed by atoms with van der Waals surface area (Å²) in [5.41, 5.74) is 1.25. The number of hydrogen-bond acceptors (Lipinski definition) is 6. The van der Waals surface area contributed by atoms with E-state index in [4.69, 9.17) is 9.72 Å². The lowest BCUT2D eigenvalue weighted by Gasteiger charge is -2.32. The van der Waals surface area contributed by atoms with Crippen molar-refractivity contribution in [1.82, 2.24) is 14.9 Å². The maximum Gasteiger partial charge on any atom is 0.266 e. The van der Waals surface area contributed by atoms with Crippen LogP contribution < -0.4 is 20.5 Å². The number of para-hydroxylation sites is 2. The van der Waals surface area contributed by atoms with Crippen LogP contribution in [-0.2, 0) is 15.1 Å². The second kappa shape index (κ2) is 8.35. The third-order valence-electron chi connectivity index (χ3n) is 8.42. The van der Waals surface area contributed by atoms with Gasteiger partial charge >= 0.3 is 0 Å². The Hall–Kier alpha value is -4.30. The number of nitrogens with zero attached hydrogens (tertiary/aromatic N) is 3. The number of imide groups is 1. The molecule has 0 aliphatic carbocycles. The van der Waals surface area contributed by atoms with Crippen molar-refractivity contribution in [2.45, 2.75) is 31.8 Å². The van der Waals surface area contributed by atoms with Crippen LogP contribution in [-0.4, -0.2) is 34.5 Å². The van der Waals surface area contributed by atoms with Gasteiger partial charge in [-0.15, -0.1) is 0 Å². The van der Waals surface area contributed by atoms with E-state index < -0.39 is 17.4 Å². The molecule has 8 nitrogen and oxygen atoms in total. The number of methoxy groups -OCH3 is 1. The number of carbonyl (C=O) groups is 2. The maximum atomic E-state index is 14.4. The highest BCUT2D eigenvalue weighted by Gasteiger charge is 2.69. The molecule has 0 bridgehead atoms. The highest BCUT2D eigenvalue weighted by atomic mass is 16.5. The number of benzene rings is 3. The number of amides is 2. The number of hydrogen-bond donors (Lipinski definition) is 1. The molecular weight excluding hydrogens is 492 g/mol. The predicted octanol–water partition coefficient (Wildman–Crippen LogP) is 3.78. The summed E-state index contributed by atoms with van der Waals surface area (Å²) in [7, 11) is 1.57. The SMILES string of the molecule is COc1ccc(N2C(=O)[C@H]3[C@@H](CC(C)C)N[C@]4(c5ccccc5-n5c4nc4ccccc4c5=O)[C@H]3C2=O)cc1. The van der Waals surface area contributed by atoms with Gasteiger partial charge in [0.2, 0.25) is 11.8 Å². The lowest BCUT2D eigenvalue weighted by molar-refractivity contribution is -0.123. The molecule has 3 aliphatic heterocycles. The first-order valence-corrected chi connectivity index (χ1v) is 13.3. The Morgan fingerprint density at radius 3 is 2.41 bits per heavy atom. The maximum absolute atomic E-state index is 14.4. The summed E-state index contributed by atoms with van der Waals surface area (Å²) in [6.45, 7) is 4.22. The van der Waals surface area contributed by atoms with Crippen LogP contribution in [0.25, 0.3) is 16.6 Å². The predicted molar refractivity (Wildman–Crippen MR) is 147 cm³/mol. The zero-order valence-corrected chi connectivity index (χ0v) is 21.9. The van der Waals surface area contributed by atoms with Gasteiger partial charge in [0.15, 0.2) is 0 Å². The standard InChI is InChI=1S/C31H28N4O4/c1-17(2)16-23-25-26(29(38)34(28(25)37)18-12-14-19(39-3)15-13-18)31(33-23)21-9-5-7-11-24(21)35-27(36)20-8-4-6-10-22(20)32-30(31)35/h4-15,17,23,25-26,33H,16H2,1-3H3/t23-,25+,26-,31-/m1/s1. The lowest BCUT2D eigenvalue weighted by atomic mass is 9.75. The van der Waals surface area contributed by atoms with Crippen molar-refractivity contribution in [2.24, 2.45) is 17.8 Å². The molecule has 3 aromatic carbocycles.